The van der Waals surface area contributed by atoms with Crippen molar-refractivity contribution < 1.29 is 18.0 Å². The second-order valence-corrected chi connectivity index (χ2v) is 5.03. The number of nitrogens with zero attached hydrogens (tertiary/aromatic N) is 1. The van der Waals surface area contributed by atoms with Crippen molar-refractivity contribution in [3.63, 3.8) is 0 Å². The number of H-pyrrole nitrogens is 1. The van der Waals surface area contributed by atoms with E-state index < -0.39 is 23.7 Å². The number of hydrogen-bond donors (Lipinski definition) is 3. The second-order valence-electron chi connectivity index (χ2n) is 5.03. The number of carbonyl (C=O) groups excluding carboxylic acids is 1. The van der Waals surface area contributed by atoms with E-state index in [4.69, 9.17) is 0 Å². The van der Waals surface area contributed by atoms with Gasteiger partial charge in [-0.2, -0.15) is 13.2 Å². The number of amides is 1. The molecule has 0 spiro atoms. The molecule has 8 heteroatoms. The van der Waals surface area contributed by atoms with Crippen molar-refractivity contribution >= 4 is 5.91 Å². The lowest BCUT2D eigenvalue weighted by Gasteiger charge is -2.26. The fourth-order valence-electron chi connectivity index (χ4n) is 2.28. The van der Waals surface area contributed by atoms with E-state index in [2.05, 4.69) is 20.6 Å². The Bertz CT molecular complexity index is 506. The molecule has 1 saturated carbocycles. The molecule has 2 heterocycles. The minimum absolute atomic E-state index is 0.0391. The lowest BCUT2D eigenvalue weighted by Crippen LogP contribution is -2.55. The SMILES string of the molecule is O=C(NC1(C(F)(F)F)CC1)C1Cc2nc[nH]c2CN1. The first-order chi connectivity index (χ1) is 8.91. The van der Waals surface area contributed by atoms with Gasteiger partial charge in [0.15, 0.2) is 0 Å². The van der Waals surface area contributed by atoms with Crippen LogP contribution in [-0.2, 0) is 17.8 Å². The van der Waals surface area contributed by atoms with E-state index in [9.17, 15) is 18.0 Å². The van der Waals surface area contributed by atoms with E-state index in [1.165, 1.54) is 6.33 Å². The van der Waals surface area contributed by atoms with Crippen LogP contribution in [0.25, 0.3) is 0 Å². The summed E-state index contributed by atoms with van der Waals surface area (Å²) >= 11 is 0. The highest BCUT2D eigenvalue weighted by atomic mass is 19.4. The number of hydrogen-bond acceptors (Lipinski definition) is 3. The molecule has 1 aliphatic carbocycles. The number of fused-ring (bicyclic) bond motifs is 1. The molecule has 1 unspecified atom stereocenters. The summed E-state index contributed by atoms with van der Waals surface area (Å²) in [7, 11) is 0. The summed E-state index contributed by atoms with van der Waals surface area (Å²) in [6.45, 7) is 0.409. The van der Waals surface area contributed by atoms with Crippen LogP contribution < -0.4 is 10.6 Å². The summed E-state index contributed by atoms with van der Waals surface area (Å²) < 4.78 is 38.3. The quantitative estimate of drug-likeness (QED) is 0.741. The van der Waals surface area contributed by atoms with Crippen molar-refractivity contribution in [2.75, 3.05) is 0 Å². The Morgan fingerprint density at radius 2 is 2.21 bits per heavy atom. The fourth-order valence-corrected chi connectivity index (χ4v) is 2.28. The Morgan fingerprint density at radius 3 is 2.84 bits per heavy atom. The normalized spacial score (nSPS) is 24.7. The number of imidazole rings is 1. The maximum absolute atomic E-state index is 12.8. The minimum Gasteiger partial charge on any atom is -0.347 e. The molecule has 0 saturated heterocycles. The number of alkyl halides is 3. The highest BCUT2D eigenvalue weighted by Crippen LogP contribution is 2.48. The number of aromatic amines is 1. The lowest BCUT2D eigenvalue weighted by molar-refractivity contribution is -0.171. The topological polar surface area (TPSA) is 69.8 Å². The Hall–Kier alpha value is -1.57. The Kier molecular flexibility index (Phi) is 2.60. The molecule has 0 aromatic carbocycles. The van der Waals surface area contributed by atoms with Crippen molar-refractivity contribution in [1.82, 2.24) is 20.6 Å². The van der Waals surface area contributed by atoms with Gasteiger partial charge in [0.25, 0.3) is 0 Å². The molecule has 1 fully saturated rings. The monoisotopic (exact) mass is 274 g/mol. The molecule has 1 atom stereocenters. The van der Waals surface area contributed by atoms with Crippen LogP contribution in [0, 0.1) is 0 Å². The van der Waals surface area contributed by atoms with Crippen LogP contribution in [0.15, 0.2) is 6.33 Å². The van der Waals surface area contributed by atoms with Crippen LogP contribution in [0.5, 0.6) is 0 Å². The summed E-state index contributed by atoms with van der Waals surface area (Å²) in [5.74, 6) is -0.608. The van der Waals surface area contributed by atoms with Gasteiger partial charge in [-0.25, -0.2) is 4.98 Å². The van der Waals surface area contributed by atoms with Crippen molar-refractivity contribution in [3.8, 4) is 0 Å². The molecule has 3 rings (SSSR count). The molecule has 104 valence electrons. The summed E-state index contributed by atoms with van der Waals surface area (Å²) in [4.78, 5) is 18.9. The van der Waals surface area contributed by atoms with Crippen LogP contribution in [0.4, 0.5) is 13.2 Å². The highest BCUT2D eigenvalue weighted by molar-refractivity contribution is 5.83. The smallest absolute Gasteiger partial charge is 0.347 e. The van der Waals surface area contributed by atoms with Gasteiger partial charge in [0.1, 0.15) is 5.54 Å². The fraction of sp³-hybridized carbons (Fsp3) is 0.636. The van der Waals surface area contributed by atoms with Crippen molar-refractivity contribution in [1.29, 1.82) is 0 Å². The summed E-state index contributed by atoms with van der Waals surface area (Å²) in [5, 5.41) is 5.05. The second kappa shape index (κ2) is 3.96. The van der Waals surface area contributed by atoms with Crippen LogP contribution in [0.2, 0.25) is 0 Å². The van der Waals surface area contributed by atoms with Crippen LogP contribution in [0.1, 0.15) is 24.2 Å². The minimum atomic E-state index is -4.38. The lowest BCUT2D eigenvalue weighted by atomic mass is 10.0. The standard InChI is InChI=1S/C11H13F3N4O/c12-11(13,14)10(1-2-10)18-9(19)7-3-6-8(4-15-7)17-5-16-6/h5,7,15H,1-4H2,(H,16,17)(H,18,19). The van der Waals surface area contributed by atoms with Gasteiger partial charge in [0, 0.05) is 13.0 Å². The predicted octanol–water partition coefficient (Wildman–Crippen LogP) is 0.635. The first-order valence-corrected chi connectivity index (χ1v) is 6.04. The van der Waals surface area contributed by atoms with Crippen molar-refractivity contribution in [2.24, 2.45) is 0 Å². The van der Waals surface area contributed by atoms with Gasteiger partial charge in [-0.15, -0.1) is 0 Å². The molecular weight excluding hydrogens is 261 g/mol. The molecular formula is C11H13F3N4O. The molecule has 2 aliphatic rings. The Labute approximate surface area is 107 Å². The van der Waals surface area contributed by atoms with Crippen LogP contribution in [-0.4, -0.2) is 33.6 Å². The molecule has 1 aliphatic heterocycles. The maximum atomic E-state index is 12.8. The zero-order valence-corrected chi connectivity index (χ0v) is 9.97. The zero-order chi connectivity index (χ0) is 13.7. The van der Waals surface area contributed by atoms with E-state index in [0.29, 0.717) is 13.0 Å². The summed E-state index contributed by atoms with van der Waals surface area (Å²) in [6, 6.07) is -0.657. The number of aromatic nitrogens is 2. The molecule has 1 amide bonds. The molecule has 5 nitrogen and oxygen atoms in total. The van der Waals surface area contributed by atoms with E-state index >= 15 is 0 Å². The first-order valence-electron chi connectivity index (χ1n) is 6.04. The van der Waals surface area contributed by atoms with Crippen molar-refractivity contribution in [2.45, 2.75) is 43.6 Å². The number of nitrogens with one attached hydrogen (secondary N) is 3. The van der Waals surface area contributed by atoms with Crippen molar-refractivity contribution in [3.05, 3.63) is 17.7 Å². The average molecular weight is 274 g/mol. The molecule has 19 heavy (non-hydrogen) atoms. The van der Waals surface area contributed by atoms with Gasteiger partial charge in [0.2, 0.25) is 5.91 Å². The zero-order valence-electron chi connectivity index (χ0n) is 9.97. The largest absolute Gasteiger partial charge is 0.411 e. The summed E-state index contributed by atoms with van der Waals surface area (Å²) in [5.41, 5.74) is -0.394. The predicted molar refractivity (Wildman–Crippen MR) is 59.1 cm³/mol. The van der Waals surface area contributed by atoms with Gasteiger partial charge < -0.3 is 10.3 Å². The van der Waals surface area contributed by atoms with Gasteiger partial charge in [0.05, 0.1) is 23.8 Å². The molecule has 0 bridgehead atoms. The van der Waals surface area contributed by atoms with E-state index in [-0.39, 0.29) is 12.8 Å². The number of carbonyl (C=O) groups is 1. The maximum Gasteiger partial charge on any atom is 0.411 e. The number of rotatable bonds is 2. The highest BCUT2D eigenvalue weighted by Gasteiger charge is 2.64. The van der Waals surface area contributed by atoms with Gasteiger partial charge in [-0.3, -0.25) is 10.1 Å². The molecule has 1 aromatic rings. The molecule has 1 aromatic heterocycles. The third-order valence-electron chi connectivity index (χ3n) is 3.70. The third kappa shape index (κ3) is 2.09. The van der Waals surface area contributed by atoms with E-state index in [1.54, 1.807) is 0 Å². The average Bonchev–Trinajstić information content (AvgIpc) is 2.99. The van der Waals surface area contributed by atoms with Crippen LogP contribution in [0.3, 0.4) is 0 Å². The van der Waals surface area contributed by atoms with E-state index in [0.717, 1.165) is 11.4 Å². The Morgan fingerprint density at radius 1 is 1.47 bits per heavy atom. The van der Waals surface area contributed by atoms with Gasteiger partial charge in [-0.05, 0) is 12.8 Å². The van der Waals surface area contributed by atoms with Gasteiger partial charge >= 0.3 is 6.18 Å². The first kappa shape index (κ1) is 12.5. The Balaban J connectivity index is 1.67. The third-order valence-corrected chi connectivity index (χ3v) is 3.70. The van der Waals surface area contributed by atoms with E-state index in [1.807, 2.05) is 0 Å². The number of halogens is 3. The molecule has 0 radical (unpaired) electrons. The van der Waals surface area contributed by atoms with Gasteiger partial charge in [-0.1, -0.05) is 0 Å². The summed E-state index contributed by atoms with van der Waals surface area (Å²) in [6.07, 6.45) is -2.64. The molecule has 3 N–H and O–H groups in total. The van der Waals surface area contributed by atoms with Crippen LogP contribution >= 0.6 is 0 Å².